The van der Waals surface area contributed by atoms with E-state index in [2.05, 4.69) is 57.1 Å². The Morgan fingerprint density at radius 1 is 1.23 bits per heavy atom. The van der Waals surface area contributed by atoms with Gasteiger partial charge in [0, 0.05) is 38.4 Å². The molecule has 0 bridgehead atoms. The first-order valence-electron chi connectivity index (χ1n) is 9.71. The minimum atomic E-state index is 0. The van der Waals surface area contributed by atoms with Gasteiger partial charge in [-0.05, 0) is 58.2 Å². The van der Waals surface area contributed by atoms with Crippen LogP contribution in [0.25, 0.3) is 0 Å². The molecule has 2 rings (SSSR count). The maximum Gasteiger partial charge on any atom is 0.191 e. The maximum atomic E-state index is 4.51. The highest BCUT2D eigenvalue weighted by Gasteiger charge is 2.24. The van der Waals surface area contributed by atoms with Crippen molar-refractivity contribution in [2.45, 2.75) is 59.5 Å². The lowest BCUT2D eigenvalue weighted by Crippen LogP contribution is -2.48. The molecule has 1 fully saturated rings. The number of hydrogen-bond donors (Lipinski definition) is 2. The third kappa shape index (κ3) is 7.06. The second-order valence-corrected chi connectivity index (χ2v) is 7.44. The second kappa shape index (κ2) is 11.8. The molecule has 0 aliphatic carbocycles. The fraction of sp³-hybridized carbons (Fsp3) is 0.789. The first-order chi connectivity index (χ1) is 12.0. The largest absolute Gasteiger partial charge is 0.356 e. The van der Waals surface area contributed by atoms with Crippen molar-refractivity contribution >= 4 is 29.9 Å². The van der Waals surface area contributed by atoms with Crippen LogP contribution in [0.4, 0.5) is 0 Å². The molecule has 0 spiro atoms. The molecule has 1 aliphatic rings. The lowest BCUT2D eigenvalue weighted by Gasteiger charge is -2.31. The van der Waals surface area contributed by atoms with E-state index in [1.165, 1.54) is 31.6 Å². The summed E-state index contributed by atoms with van der Waals surface area (Å²) in [5.74, 6) is 1.55. The minimum absolute atomic E-state index is 0. The van der Waals surface area contributed by atoms with Gasteiger partial charge in [0.05, 0.1) is 5.69 Å². The molecule has 0 radical (unpaired) electrons. The van der Waals surface area contributed by atoms with E-state index in [4.69, 9.17) is 0 Å². The van der Waals surface area contributed by atoms with E-state index in [0.29, 0.717) is 12.0 Å². The highest BCUT2D eigenvalue weighted by molar-refractivity contribution is 14.0. The number of nitrogens with zero attached hydrogens (tertiary/aromatic N) is 4. The average Bonchev–Trinajstić information content (AvgIpc) is 3.19. The van der Waals surface area contributed by atoms with Crippen LogP contribution in [0.1, 0.15) is 44.5 Å². The average molecular weight is 476 g/mol. The third-order valence-electron chi connectivity index (χ3n) is 5.02. The van der Waals surface area contributed by atoms with Gasteiger partial charge in [0.1, 0.15) is 0 Å². The van der Waals surface area contributed by atoms with Crippen LogP contribution in [0.2, 0.25) is 0 Å². The topological polar surface area (TPSA) is 57.5 Å². The number of aromatic nitrogens is 2. The molecule has 1 atom stereocenters. The third-order valence-corrected chi connectivity index (χ3v) is 5.02. The molecule has 2 heterocycles. The van der Waals surface area contributed by atoms with Crippen LogP contribution in [0.15, 0.2) is 11.1 Å². The van der Waals surface area contributed by atoms with E-state index in [9.17, 15) is 0 Å². The standard InChI is InChI=1S/C19H36N6.HI/c1-15(2)18(24-10-6-7-11-24)14-22-19(20-5)21-9-8-12-25-17(4)13-16(3)23-25;/h13,15,18H,6-12,14H2,1-5H3,(H2,20,21,22);1H. The Morgan fingerprint density at radius 2 is 1.92 bits per heavy atom. The van der Waals surface area contributed by atoms with Crippen molar-refractivity contribution < 1.29 is 0 Å². The Kier molecular flexibility index (Phi) is 10.5. The number of aryl methyl sites for hydroxylation is 3. The molecule has 2 N–H and O–H groups in total. The first kappa shape index (κ1) is 23.2. The Morgan fingerprint density at radius 3 is 2.46 bits per heavy atom. The van der Waals surface area contributed by atoms with Crippen molar-refractivity contribution in [2.24, 2.45) is 10.9 Å². The van der Waals surface area contributed by atoms with Gasteiger partial charge < -0.3 is 10.6 Å². The van der Waals surface area contributed by atoms with E-state index in [-0.39, 0.29) is 24.0 Å². The Hall–Kier alpha value is -0.830. The van der Waals surface area contributed by atoms with Crippen LogP contribution < -0.4 is 10.6 Å². The highest BCUT2D eigenvalue weighted by Crippen LogP contribution is 2.17. The predicted molar refractivity (Wildman–Crippen MR) is 121 cm³/mol. The van der Waals surface area contributed by atoms with Crippen LogP contribution in [0, 0.1) is 19.8 Å². The summed E-state index contributed by atoms with van der Waals surface area (Å²) in [6, 6.07) is 2.70. The van der Waals surface area contributed by atoms with Crippen molar-refractivity contribution in [1.82, 2.24) is 25.3 Å². The van der Waals surface area contributed by atoms with Crippen molar-refractivity contribution in [3.63, 3.8) is 0 Å². The maximum absolute atomic E-state index is 4.51. The van der Waals surface area contributed by atoms with Crippen LogP contribution in [0.5, 0.6) is 0 Å². The van der Waals surface area contributed by atoms with Gasteiger partial charge in [-0.1, -0.05) is 13.8 Å². The van der Waals surface area contributed by atoms with Crippen molar-refractivity contribution in [3.05, 3.63) is 17.5 Å². The molecule has 7 heteroatoms. The number of guanidine groups is 1. The van der Waals surface area contributed by atoms with Gasteiger partial charge in [-0.25, -0.2) is 0 Å². The van der Waals surface area contributed by atoms with Gasteiger partial charge in [0.25, 0.3) is 0 Å². The quantitative estimate of drug-likeness (QED) is 0.262. The number of nitrogens with one attached hydrogen (secondary N) is 2. The fourth-order valence-electron chi connectivity index (χ4n) is 3.62. The normalized spacial score (nSPS) is 16.6. The van der Waals surface area contributed by atoms with Gasteiger partial charge in [0.2, 0.25) is 0 Å². The van der Waals surface area contributed by atoms with Crippen LogP contribution in [-0.4, -0.2) is 59.9 Å². The van der Waals surface area contributed by atoms with Crippen molar-refractivity contribution in [1.29, 1.82) is 0 Å². The lowest BCUT2D eigenvalue weighted by molar-refractivity contribution is 0.192. The first-order valence-corrected chi connectivity index (χ1v) is 9.71. The summed E-state index contributed by atoms with van der Waals surface area (Å²) < 4.78 is 2.08. The highest BCUT2D eigenvalue weighted by atomic mass is 127. The molecule has 26 heavy (non-hydrogen) atoms. The summed E-state index contributed by atoms with van der Waals surface area (Å²) in [5.41, 5.74) is 2.31. The molecule has 1 aliphatic heterocycles. The summed E-state index contributed by atoms with van der Waals surface area (Å²) >= 11 is 0. The smallest absolute Gasteiger partial charge is 0.191 e. The molecular formula is C19H37IN6. The summed E-state index contributed by atoms with van der Waals surface area (Å²) in [7, 11) is 1.84. The molecular weight excluding hydrogens is 439 g/mol. The van der Waals surface area contributed by atoms with Crippen molar-refractivity contribution in [2.75, 3.05) is 33.2 Å². The summed E-state index contributed by atoms with van der Waals surface area (Å²) in [6.07, 6.45) is 3.70. The molecule has 0 aromatic carbocycles. The van der Waals surface area contributed by atoms with E-state index >= 15 is 0 Å². The molecule has 0 saturated carbocycles. The van der Waals surface area contributed by atoms with Gasteiger partial charge in [-0.3, -0.25) is 14.6 Å². The van der Waals surface area contributed by atoms with E-state index in [1.54, 1.807) is 0 Å². The molecule has 0 amide bonds. The van der Waals surface area contributed by atoms with Crippen LogP contribution in [0.3, 0.4) is 0 Å². The SMILES string of the molecule is CN=C(NCCCn1nc(C)cc1C)NCC(C(C)C)N1CCCC1.I. The van der Waals surface area contributed by atoms with E-state index in [1.807, 2.05) is 14.0 Å². The number of halogens is 1. The van der Waals surface area contributed by atoms with Crippen LogP contribution in [-0.2, 0) is 6.54 Å². The number of hydrogen-bond acceptors (Lipinski definition) is 3. The summed E-state index contributed by atoms with van der Waals surface area (Å²) in [6.45, 7) is 14.0. The molecule has 1 aromatic heterocycles. The van der Waals surface area contributed by atoms with Gasteiger partial charge in [-0.15, -0.1) is 24.0 Å². The summed E-state index contributed by atoms with van der Waals surface area (Å²) in [4.78, 5) is 6.98. The van der Waals surface area contributed by atoms with Crippen LogP contribution >= 0.6 is 24.0 Å². The zero-order valence-electron chi connectivity index (χ0n) is 17.1. The van der Waals surface area contributed by atoms with Gasteiger partial charge in [-0.2, -0.15) is 5.10 Å². The molecule has 1 unspecified atom stereocenters. The number of aliphatic imine (C=N–C) groups is 1. The number of rotatable bonds is 8. The Balaban J connectivity index is 0.00000338. The predicted octanol–water partition coefficient (Wildman–Crippen LogP) is 2.79. The number of likely N-dealkylation sites (tertiary alicyclic amines) is 1. The minimum Gasteiger partial charge on any atom is -0.356 e. The van der Waals surface area contributed by atoms with E-state index < -0.39 is 0 Å². The monoisotopic (exact) mass is 476 g/mol. The van der Waals surface area contributed by atoms with E-state index in [0.717, 1.165) is 37.7 Å². The van der Waals surface area contributed by atoms with Crippen molar-refractivity contribution in [3.8, 4) is 0 Å². The second-order valence-electron chi connectivity index (χ2n) is 7.44. The molecule has 6 nitrogen and oxygen atoms in total. The molecule has 150 valence electrons. The Bertz CT molecular complexity index is 548. The van der Waals surface area contributed by atoms with Gasteiger partial charge in [0.15, 0.2) is 5.96 Å². The van der Waals surface area contributed by atoms with Gasteiger partial charge >= 0.3 is 0 Å². The zero-order chi connectivity index (χ0) is 18.2. The Labute approximate surface area is 176 Å². The molecule has 1 aromatic rings. The summed E-state index contributed by atoms with van der Waals surface area (Å²) in [5, 5.41) is 11.5. The fourth-order valence-corrected chi connectivity index (χ4v) is 3.62. The lowest BCUT2D eigenvalue weighted by atomic mass is 10.0. The zero-order valence-corrected chi connectivity index (χ0v) is 19.4. The molecule has 1 saturated heterocycles.